The minimum absolute atomic E-state index is 0.639. The Morgan fingerprint density at radius 1 is 1.47 bits per heavy atom. The Labute approximate surface area is 105 Å². The van der Waals surface area contributed by atoms with Gasteiger partial charge in [-0.25, -0.2) is 4.79 Å². The first kappa shape index (κ1) is 13.9. The van der Waals surface area contributed by atoms with E-state index in [4.69, 9.17) is 9.84 Å². The van der Waals surface area contributed by atoms with Crippen molar-refractivity contribution in [1.29, 1.82) is 0 Å². The molecule has 2 heterocycles. The Balaban J connectivity index is 2.55. The molecule has 0 aromatic carbocycles. The summed E-state index contributed by atoms with van der Waals surface area (Å²) in [6.07, 6.45) is -3.53. The highest BCUT2D eigenvalue weighted by Crippen LogP contribution is 2.31. The van der Waals surface area contributed by atoms with Crippen molar-refractivity contribution < 1.29 is 25.3 Å². The van der Waals surface area contributed by atoms with Crippen LogP contribution in [0.2, 0.25) is 0 Å². The maximum Gasteiger partial charge on any atom is 0.331 e. The van der Waals surface area contributed by atoms with Crippen molar-refractivity contribution in [3.8, 4) is 0 Å². The SMILES string of the molecule is O=c1ccn([C@]2(NO)O[C@H](CO)[C@@H](O)[C@H]2O)c(=O)[nH]1. The lowest BCUT2D eigenvalue weighted by Gasteiger charge is -2.31. The fourth-order valence-corrected chi connectivity index (χ4v) is 1.97. The number of nitrogens with one attached hydrogen (secondary N) is 2. The van der Waals surface area contributed by atoms with E-state index < -0.39 is 42.0 Å². The molecule has 106 valence electrons. The molecule has 0 radical (unpaired) electrons. The molecule has 0 unspecified atom stereocenters. The molecule has 1 aromatic heterocycles. The lowest BCUT2D eigenvalue weighted by molar-refractivity contribution is -0.224. The largest absolute Gasteiger partial charge is 0.394 e. The Kier molecular flexibility index (Phi) is 3.54. The van der Waals surface area contributed by atoms with Gasteiger partial charge in [0.1, 0.15) is 18.3 Å². The van der Waals surface area contributed by atoms with Crippen LogP contribution in [0.15, 0.2) is 21.9 Å². The van der Waals surface area contributed by atoms with Gasteiger partial charge >= 0.3 is 5.69 Å². The minimum atomic E-state index is -2.20. The first-order valence-corrected chi connectivity index (χ1v) is 5.35. The summed E-state index contributed by atoms with van der Waals surface area (Å²) in [5.41, 5.74) is -0.0567. The summed E-state index contributed by atoms with van der Waals surface area (Å²) < 4.78 is 5.77. The second-order valence-electron chi connectivity index (χ2n) is 4.06. The molecule has 0 spiro atoms. The predicted octanol–water partition coefficient (Wildman–Crippen LogP) is -3.76. The molecule has 10 nitrogen and oxygen atoms in total. The molecule has 1 saturated heterocycles. The lowest BCUT2D eigenvalue weighted by Crippen LogP contribution is -2.59. The molecule has 1 fully saturated rings. The molecule has 19 heavy (non-hydrogen) atoms. The maximum atomic E-state index is 11.7. The number of aromatic amines is 1. The van der Waals surface area contributed by atoms with Crippen LogP contribution in [-0.4, -0.2) is 55.0 Å². The van der Waals surface area contributed by atoms with Gasteiger partial charge < -0.3 is 25.3 Å². The van der Waals surface area contributed by atoms with E-state index in [1.807, 2.05) is 4.98 Å². The fraction of sp³-hybridized carbons (Fsp3) is 0.556. The zero-order valence-electron chi connectivity index (χ0n) is 9.55. The highest BCUT2D eigenvalue weighted by atomic mass is 16.6. The van der Waals surface area contributed by atoms with Gasteiger partial charge in [0, 0.05) is 12.3 Å². The van der Waals surface area contributed by atoms with Crippen molar-refractivity contribution in [1.82, 2.24) is 15.0 Å². The van der Waals surface area contributed by atoms with Crippen molar-refractivity contribution in [2.45, 2.75) is 24.2 Å². The van der Waals surface area contributed by atoms with E-state index in [0.29, 0.717) is 4.57 Å². The third-order valence-corrected chi connectivity index (χ3v) is 2.96. The van der Waals surface area contributed by atoms with Crippen molar-refractivity contribution in [3.63, 3.8) is 0 Å². The number of hydrogen-bond donors (Lipinski definition) is 6. The Morgan fingerprint density at radius 2 is 2.16 bits per heavy atom. The molecule has 6 N–H and O–H groups in total. The first-order chi connectivity index (χ1) is 8.96. The van der Waals surface area contributed by atoms with E-state index in [9.17, 15) is 25.0 Å². The number of aliphatic hydroxyl groups is 3. The van der Waals surface area contributed by atoms with Crippen LogP contribution in [0.5, 0.6) is 0 Å². The van der Waals surface area contributed by atoms with Gasteiger partial charge in [0.15, 0.2) is 0 Å². The highest BCUT2D eigenvalue weighted by molar-refractivity contribution is 4.99. The molecular formula is C9H13N3O7. The smallest absolute Gasteiger partial charge is 0.331 e. The van der Waals surface area contributed by atoms with Gasteiger partial charge in [-0.1, -0.05) is 0 Å². The van der Waals surface area contributed by atoms with E-state index in [2.05, 4.69) is 0 Å². The van der Waals surface area contributed by atoms with E-state index in [-0.39, 0.29) is 0 Å². The molecular weight excluding hydrogens is 262 g/mol. The van der Waals surface area contributed by atoms with Crippen LogP contribution in [0.3, 0.4) is 0 Å². The quantitative estimate of drug-likeness (QED) is 0.307. The van der Waals surface area contributed by atoms with Gasteiger partial charge in [-0.15, -0.1) is 0 Å². The van der Waals surface area contributed by atoms with Crippen LogP contribution in [-0.2, 0) is 10.6 Å². The minimum Gasteiger partial charge on any atom is -0.394 e. The van der Waals surface area contributed by atoms with Crippen LogP contribution >= 0.6 is 0 Å². The fourth-order valence-electron chi connectivity index (χ4n) is 1.97. The Hall–Kier alpha value is -1.56. The number of nitrogens with zero attached hydrogens (tertiary/aromatic N) is 1. The average molecular weight is 275 g/mol. The zero-order valence-corrected chi connectivity index (χ0v) is 9.55. The summed E-state index contributed by atoms with van der Waals surface area (Å²) in [5, 5.41) is 37.7. The second-order valence-corrected chi connectivity index (χ2v) is 4.06. The van der Waals surface area contributed by atoms with Gasteiger partial charge in [-0.2, -0.15) is 5.48 Å². The van der Waals surface area contributed by atoms with Crippen molar-refractivity contribution in [3.05, 3.63) is 33.1 Å². The molecule has 2 rings (SSSR count). The summed E-state index contributed by atoms with van der Waals surface area (Å²) in [6.45, 7) is -0.639. The number of aliphatic hydroxyl groups excluding tert-OH is 3. The van der Waals surface area contributed by atoms with Crippen molar-refractivity contribution in [2.75, 3.05) is 6.61 Å². The Morgan fingerprint density at radius 3 is 2.63 bits per heavy atom. The molecule has 1 aliphatic rings. The van der Waals surface area contributed by atoms with Crippen LogP contribution in [0.1, 0.15) is 0 Å². The predicted molar refractivity (Wildman–Crippen MR) is 58.2 cm³/mol. The van der Waals surface area contributed by atoms with Crippen molar-refractivity contribution >= 4 is 0 Å². The monoisotopic (exact) mass is 275 g/mol. The molecule has 0 bridgehead atoms. The number of hydrogen-bond acceptors (Lipinski definition) is 8. The molecule has 1 aromatic rings. The Bertz CT molecular complexity index is 569. The van der Waals surface area contributed by atoms with E-state index in [1.54, 1.807) is 5.48 Å². The summed E-state index contributed by atoms with van der Waals surface area (Å²) in [4.78, 5) is 24.5. The van der Waals surface area contributed by atoms with Gasteiger partial charge in [-0.3, -0.25) is 14.3 Å². The van der Waals surface area contributed by atoms with E-state index >= 15 is 0 Å². The number of ether oxygens (including phenoxy) is 1. The van der Waals surface area contributed by atoms with Crippen LogP contribution < -0.4 is 16.7 Å². The van der Waals surface area contributed by atoms with Crippen LogP contribution in [0.25, 0.3) is 0 Å². The van der Waals surface area contributed by atoms with Gasteiger partial charge in [-0.05, 0) is 0 Å². The summed E-state index contributed by atoms with van der Waals surface area (Å²) in [7, 11) is 0. The van der Waals surface area contributed by atoms with Crippen LogP contribution in [0.4, 0.5) is 0 Å². The summed E-state index contributed by atoms with van der Waals surface area (Å²) >= 11 is 0. The summed E-state index contributed by atoms with van der Waals surface area (Å²) in [6, 6.07) is 0.967. The first-order valence-electron chi connectivity index (χ1n) is 5.35. The summed E-state index contributed by atoms with van der Waals surface area (Å²) in [5.74, 6) is -2.20. The molecule has 10 heteroatoms. The average Bonchev–Trinajstić information content (AvgIpc) is 2.64. The number of aromatic nitrogens is 2. The van der Waals surface area contributed by atoms with Gasteiger partial charge in [0.25, 0.3) is 11.4 Å². The maximum absolute atomic E-state index is 11.7. The third-order valence-electron chi connectivity index (χ3n) is 2.96. The third kappa shape index (κ3) is 2.00. The van der Waals surface area contributed by atoms with E-state index in [1.165, 1.54) is 0 Å². The highest BCUT2D eigenvalue weighted by Gasteiger charge is 2.56. The zero-order chi connectivity index (χ0) is 14.2. The van der Waals surface area contributed by atoms with Gasteiger partial charge in [0.05, 0.1) is 6.61 Å². The van der Waals surface area contributed by atoms with Crippen molar-refractivity contribution in [2.24, 2.45) is 0 Å². The molecule has 4 atom stereocenters. The number of H-pyrrole nitrogens is 1. The van der Waals surface area contributed by atoms with E-state index in [0.717, 1.165) is 12.3 Å². The molecule has 0 saturated carbocycles. The number of hydroxylamine groups is 1. The standard InChI is InChI=1S/C9H13N3O7/c13-3-4-6(15)7(16)9(11-18,19-4)12-2-1-5(14)10-8(12)17/h1-2,4,6-7,11,13,15-16,18H,3H2,(H,10,14,17)/t4-,6-,7-,9+/m1/s1. The normalized spacial score (nSPS) is 34.6. The molecule has 1 aliphatic heterocycles. The molecule has 0 amide bonds. The van der Waals surface area contributed by atoms with Crippen LogP contribution in [0, 0.1) is 0 Å². The number of rotatable bonds is 3. The molecule has 0 aliphatic carbocycles. The lowest BCUT2D eigenvalue weighted by atomic mass is 10.1. The second kappa shape index (κ2) is 4.85. The topological polar surface area (TPSA) is 157 Å². The van der Waals surface area contributed by atoms with Gasteiger partial charge in [0.2, 0.25) is 0 Å².